The fourth-order valence-electron chi connectivity index (χ4n) is 1.94. The zero-order valence-electron chi connectivity index (χ0n) is 11.0. The topological polar surface area (TPSA) is 63.7 Å². The van der Waals surface area contributed by atoms with E-state index in [0.29, 0.717) is 12.1 Å². The number of carbonyl (C=O) groups is 1. The molecule has 0 saturated heterocycles. The van der Waals surface area contributed by atoms with Crippen molar-refractivity contribution < 1.29 is 17.0 Å². The molecule has 0 heterocycles. The second-order valence-corrected chi connectivity index (χ2v) is 6.19. The Hall–Kier alpha value is -1.08. The summed E-state index contributed by atoms with van der Waals surface area (Å²) in [5.41, 5.74) is 1.39. The zero-order valence-corrected chi connectivity index (χ0v) is 13.4. The van der Waals surface area contributed by atoms with Gasteiger partial charge in [-0.1, -0.05) is 19.1 Å². The fourth-order valence-corrected chi connectivity index (χ4v) is 3.13. The maximum absolute atomic E-state index is 11.9. The van der Waals surface area contributed by atoms with E-state index in [0.717, 1.165) is 11.8 Å². The predicted octanol–water partition coefficient (Wildman–Crippen LogP) is 2.50. The van der Waals surface area contributed by atoms with Crippen molar-refractivity contribution in [3.63, 3.8) is 0 Å². The van der Waals surface area contributed by atoms with Gasteiger partial charge in [-0.05, 0) is 25.0 Å². The van der Waals surface area contributed by atoms with Gasteiger partial charge in [-0.15, -0.1) is 0 Å². The third kappa shape index (κ3) is 3.48. The molecule has 0 saturated carbocycles. The molecular weight excluding hydrogens is 334 g/mol. The Morgan fingerprint density at radius 2 is 2.00 bits per heavy atom. The zero-order chi connectivity index (χ0) is 14.6. The third-order valence-corrected chi connectivity index (χ3v) is 4.26. The van der Waals surface area contributed by atoms with Gasteiger partial charge in [0.05, 0.1) is 17.5 Å². The Morgan fingerprint density at radius 3 is 2.42 bits per heavy atom. The van der Waals surface area contributed by atoms with Crippen LogP contribution in [0.1, 0.15) is 29.8 Å². The van der Waals surface area contributed by atoms with E-state index in [4.69, 9.17) is 0 Å². The van der Waals surface area contributed by atoms with Gasteiger partial charge in [0.2, 0.25) is 10.0 Å². The molecule has 0 radical (unpaired) electrons. The molecule has 0 N–H and O–H groups in total. The van der Waals surface area contributed by atoms with Crippen molar-refractivity contribution in [1.29, 1.82) is 0 Å². The molecule has 106 valence electrons. The molecule has 1 aromatic carbocycles. The molecule has 0 fully saturated rings. The quantitative estimate of drug-likeness (QED) is 0.819. The fraction of sp³-hybridized carbons (Fsp3) is 0.417. The Labute approximate surface area is 122 Å². The molecule has 1 aromatic rings. The smallest absolute Gasteiger partial charge is 0.351 e. The first-order valence-corrected chi connectivity index (χ1v) is 8.28. The summed E-state index contributed by atoms with van der Waals surface area (Å²) >= 11 is 2.64. The number of anilines is 1. The van der Waals surface area contributed by atoms with E-state index in [1.165, 1.54) is 4.31 Å². The minimum atomic E-state index is -3.45. The molecular formula is C12H16BrNO4S. The number of carbonyl (C=O) groups excluding carboxylic acids is 1. The van der Waals surface area contributed by atoms with Crippen molar-refractivity contribution in [2.24, 2.45) is 0 Å². The Kier molecular flexibility index (Phi) is 5.37. The molecule has 0 amide bonds. The Balaban J connectivity index is 3.57. The minimum Gasteiger partial charge on any atom is -0.380 e. The van der Waals surface area contributed by atoms with Gasteiger partial charge in [0.1, 0.15) is 0 Å². The van der Waals surface area contributed by atoms with Gasteiger partial charge in [0.25, 0.3) is 0 Å². The summed E-state index contributed by atoms with van der Waals surface area (Å²) in [6.07, 6.45) is 1.73. The summed E-state index contributed by atoms with van der Waals surface area (Å²) in [7, 11) is -3.45. The molecule has 7 heteroatoms. The first-order chi connectivity index (χ1) is 8.86. The maximum atomic E-state index is 11.9. The molecule has 19 heavy (non-hydrogen) atoms. The monoisotopic (exact) mass is 349 g/mol. The molecule has 0 bridgehead atoms. The van der Waals surface area contributed by atoms with Gasteiger partial charge in [0, 0.05) is 6.54 Å². The number of benzene rings is 1. The van der Waals surface area contributed by atoms with Crippen LogP contribution in [0.25, 0.3) is 0 Å². The highest BCUT2D eigenvalue weighted by Crippen LogP contribution is 2.29. The highest BCUT2D eigenvalue weighted by atomic mass is 79.9. The van der Waals surface area contributed by atoms with Crippen LogP contribution in [0.4, 0.5) is 5.69 Å². The van der Waals surface area contributed by atoms with Crippen molar-refractivity contribution in [2.75, 3.05) is 17.1 Å². The van der Waals surface area contributed by atoms with E-state index in [-0.39, 0.29) is 12.1 Å². The van der Waals surface area contributed by atoms with E-state index in [1.54, 1.807) is 25.1 Å². The normalized spacial score (nSPS) is 11.2. The minimum absolute atomic E-state index is 0.225. The van der Waals surface area contributed by atoms with E-state index < -0.39 is 16.0 Å². The average Bonchev–Trinajstić information content (AvgIpc) is 2.37. The van der Waals surface area contributed by atoms with Crippen LogP contribution >= 0.6 is 16.3 Å². The number of para-hydroxylation sites is 1. The first-order valence-electron chi connectivity index (χ1n) is 5.79. The lowest BCUT2D eigenvalue weighted by Gasteiger charge is -2.25. The maximum Gasteiger partial charge on any atom is 0.351 e. The molecule has 0 aromatic heterocycles. The summed E-state index contributed by atoms with van der Waals surface area (Å²) < 4.78 is 29.5. The molecule has 0 unspecified atom stereocenters. The number of halogens is 1. The van der Waals surface area contributed by atoms with Crippen LogP contribution in [0.3, 0.4) is 0 Å². The van der Waals surface area contributed by atoms with E-state index in [9.17, 15) is 13.2 Å². The van der Waals surface area contributed by atoms with Gasteiger partial charge in [-0.3, -0.25) is 4.31 Å². The highest BCUT2D eigenvalue weighted by molar-refractivity contribution is 9.06. The SMILES string of the molecule is CCc1cccc(C(=O)OBr)c1N(CC)S(C)(=O)=O. The van der Waals surface area contributed by atoms with Crippen LogP contribution < -0.4 is 4.31 Å². The van der Waals surface area contributed by atoms with Crippen molar-refractivity contribution in [3.8, 4) is 0 Å². The molecule has 0 aliphatic carbocycles. The van der Waals surface area contributed by atoms with Crippen molar-refractivity contribution in [2.45, 2.75) is 20.3 Å². The number of hydrogen-bond donors (Lipinski definition) is 0. The van der Waals surface area contributed by atoms with Gasteiger partial charge in [0.15, 0.2) is 16.3 Å². The van der Waals surface area contributed by atoms with Gasteiger partial charge in [-0.25, -0.2) is 13.2 Å². The van der Waals surface area contributed by atoms with E-state index >= 15 is 0 Å². The van der Waals surface area contributed by atoms with Gasteiger partial charge in [-0.2, -0.15) is 0 Å². The lowest BCUT2D eigenvalue weighted by molar-refractivity contribution is 0.0782. The summed E-state index contributed by atoms with van der Waals surface area (Å²) in [5.74, 6) is -0.618. The first kappa shape index (κ1) is 16.0. The Morgan fingerprint density at radius 1 is 1.37 bits per heavy atom. The largest absolute Gasteiger partial charge is 0.380 e. The van der Waals surface area contributed by atoms with Crippen LogP contribution in [0.5, 0.6) is 0 Å². The van der Waals surface area contributed by atoms with Crippen molar-refractivity contribution in [1.82, 2.24) is 0 Å². The van der Waals surface area contributed by atoms with E-state index in [2.05, 4.69) is 20.1 Å². The number of sulfonamides is 1. The lowest BCUT2D eigenvalue weighted by atomic mass is 10.0. The van der Waals surface area contributed by atoms with Gasteiger partial charge < -0.3 is 3.83 Å². The van der Waals surface area contributed by atoms with E-state index in [1.807, 2.05) is 6.92 Å². The van der Waals surface area contributed by atoms with Crippen LogP contribution in [0.2, 0.25) is 0 Å². The van der Waals surface area contributed by atoms with Crippen LogP contribution in [-0.4, -0.2) is 27.2 Å². The van der Waals surface area contributed by atoms with Crippen LogP contribution in [0.15, 0.2) is 18.2 Å². The average molecular weight is 350 g/mol. The summed E-state index contributed by atoms with van der Waals surface area (Å²) in [4.78, 5) is 11.8. The summed E-state index contributed by atoms with van der Waals surface area (Å²) in [5, 5.41) is 0. The molecule has 0 aliphatic heterocycles. The molecule has 1 rings (SSSR count). The highest BCUT2D eigenvalue weighted by Gasteiger charge is 2.25. The van der Waals surface area contributed by atoms with Crippen LogP contribution in [-0.2, 0) is 20.3 Å². The number of nitrogens with zero attached hydrogens (tertiary/aromatic N) is 1. The predicted molar refractivity (Wildman–Crippen MR) is 78.0 cm³/mol. The molecule has 0 atom stereocenters. The van der Waals surface area contributed by atoms with Gasteiger partial charge >= 0.3 is 5.97 Å². The molecule has 5 nitrogen and oxygen atoms in total. The second kappa shape index (κ2) is 6.38. The van der Waals surface area contributed by atoms with Crippen molar-refractivity contribution in [3.05, 3.63) is 29.3 Å². The lowest BCUT2D eigenvalue weighted by Crippen LogP contribution is -2.32. The number of rotatable bonds is 5. The third-order valence-electron chi connectivity index (χ3n) is 2.73. The van der Waals surface area contributed by atoms with Crippen molar-refractivity contribution >= 4 is 37.9 Å². The summed E-state index contributed by atoms with van der Waals surface area (Å²) in [6.45, 7) is 3.87. The summed E-state index contributed by atoms with van der Waals surface area (Å²) in [6, 6.07) is 5.05. The second-order valence-electron chi connectivity index (χ2n) is 3.96. The van der Waals surface area contributed by atoms with Crippen LogP contribution in [0, 0.1) is 0 Å². The Bertz CT molecular complexity index is 571. The number of hydrogen-bond acceptors (Lipinski definition) is 4. The standard InChI is InChI=1S/C12H16BrNO4S/c1-4-9-7-6-8-10(12(15)18-13)11(9)14(5-2)19(3,16)17/h6-8H,4-5H2,1-3H3. The molecule has 0 spiro atoms. The number of aryl methyl sites for hydroxylation is 1. The molecule has 0 aliphatic rings.